The van der Waals surface area contributed by atoms with Crippen LogP contribution in [0.4, 0.5) is 5.82 Å². The van der Waals surface area contributed by atoms with E-state index in [4.69, 9.17) is 17.3 Å². The molecular weight excluding hydrogens is 374 g/mol. The molecule has 0 bridgehead atoms. The molecule has 3 nitrogen and oxygen atoms in total. The molecule has 23 heavy (non-hydrogen) atoms. The number of pyridine rings is 1. The van der Waals surface area contributed by atoms with Crippen molar-refractivity contribution < 1.29 is 0 Å². The lowest BCUT2D eigenvalue weighted by Gasteiger charge is -2.11. The highest BCUT2D eigenvalue weighted by molar-refractivity contribution is 9.10. The molecule has 1 heterocycles. The van der Waals surface area contributed by atoms with Crippen LogP contribution in [0.1, 0.15) is 5.56 Å². The number of rotatable bonds is 2. The summed E-state index contributed by atoms with van der Waals surface area (Å²) in [6.07, 6.45) is 0. The highest BCUT2D eigenvalue weighted by Gasteiger charge is 2.15. The summed E-state index contributed by atoms with van der Waals surface area (Å²) < 4.78 is 0.944. The largest absolute Gasteiger partial charge is 0.383 e. The van der Waals surface area contributed by atoms with Gasteiger partial charge in [0.15, 0.2) is 0 Å². The molecule has 2 aromatic carbocycles. The first-order valence-corrected chi connectivity index (χ1v) is 7.98. The molecule has 0 aliphatic heterocycles. The van der Waals surface area contributed by atoms with Crippen LogP contribution in [0.2, 0.25) is 5.02 Å². The maximum Gasteiger partial charge on any atom is 0.142 e. The van der Waals surface area contributed by atoms with E-state index in [0.29, 0.717) is 21.8 Å². The normalized spacial score (nSPS) is 10.3. The average Bonchev–Trinajstić information content (AvgIpc) is 2.54. The topological polar surface area (TPSA) is 62.7 Å². The van der Waals surface area contributed by atoms with E-state index in [1.807, 2.05) is 48.5 Å². The number of aromatic nitrogens is 1. The molecule has 0 unspecified atom stereocenters. The zero-order valence-corrected chi connectivity index (χ0v) is 14.3. The van der Waals surface area contributed by atoms with Crippen LogP contribution in [0.5, 0.6) is 0 Å². The van der Waals surface area contributed by atoms with Gasteiger partial charge >= 0.3 is 0 Å². The predicted octanol–water partition coefficient (Wildman–Crippen LogP) is 5.29. The number of hydrogen-bond donors (Lipinski definition) is 1. The predicted molar refractivity (Wildman–Crippen MR) is 96.9 cm³/mol. The third-order valence-corrected chi connectivity index (χ3v) is 4.27. The van der Waals surface area contributed by atoms with Crippen molar-refractivity contribution in [2.24, 2.45) is 0 Å². The maximum atomic E-state index is 9.44. The van der Waals surface area contributed by atoms with E-state index in [1.54, 1.807) is 6.07 Å². The molecular formula is C18H11BrClN3. The molecule has 0 amide bonds. The number of nitrogens with two attached hydrogens (primary N) is 1. The standard InChI is InChI=1S/C18H11BrClN3/c19-12-5-3-4-11(8-12)17-9-14(15(10-21)18(22)23-17)13-6-1-2-7-16(13)20/h1-9H,(H2,22,23). The van der Waals surface area contributed by atoms with E-state index in [1.165, 1.54) is 0 Å². The fourth-order valence-electron chi connectivity index (χ4n) is 2.37. The van der Waals surface area contributed by atoms with Crippen molar-refractivity contribution in [2.75, 3.05) is 5.73 Å². The maximum absolute atomic E-state index is 9.44. The number of anilines is 1. The monoisotopic (exact) mass is 383 g/mol. The Morgan fingerprint density at radius 1 is 1.04 bits per heavy atom. The van der Waals surface area contributed by atoms with Gasteiger partial charge in [0.2, 0.25) is 0 Å². The Hall–Kier alpha value is -2.35. The minimum absolute atomic E-state index is 0.194. The van der Waals surface area contributed by atoms with Crippen LogP contribution < -0.4 is 5.73 Å². The lowest BCUT2D eigenvalue weighted by molar-refractivity contribution is 1.31. The summed E-state index contributed by atoms with van der Waals surface area (Å²) in [5, 5.41) is 10.0. The number of hydrogen-bond acceptors (Lipinski definition) is 3. The third kappa shape index (κ3) is 3.07. The van der Waals surface area contributed by atoms with Gasteiger partial charge in [-0.25, -0.2) is 4.98 Å². The van der Waals surface area contributed by atoms with Gasteiger partial charge in [-0.05, 0) is 24.3 Å². The van der Waals surface area contributed by atoms with Crippen molar-refractivity contribution in [1.29, 1.82) is 5.26 Å². The molecule has 3 rings (SSSR count). The molecule has 0 radical (unpaired) electrons. The number of nitriles is 1. The minimum atomic E-state index is 0.194. The Balaban J connectivity index is 2.27. The minimum Gasteiger partial charge on any atom is -0.383 e. The summed E-state index contributed by atoms with van der Waals surface area (Å²) in [6, 6.07) is 19.1. The average molecular weight is 385 g/mol. The molecule has 0 aliphatic rings. The first kappa shape index (κ1) is 15.5. The van der Waals surface area contributed by atoms with Crippen LogP contribution >= 0.6 is 27.5 Å². The lowest BCUT2D eigenvalue weighted by Crippen LogP contribution is -2.00. The number of benzene rings is 2. The van der Waals surface area contributed by atoms with Crippen LogP contribution in [-0.2, 0) is 0 Å². The SMILES string of the molecule is N#Cc1c(-c2ccccc2Cl)cc(-c2cccc(Br)c2)nc1N. The van der Waals surface area contributed by atoms with Gasteiger partial charge in [-0.3, -0.25) is 0 Å². The molecule has 112 valence electrons. The molecule has 2 N–H and O–H groups in total. The molecule has 0 saturated carbocycles. The zero-order valence-electron chi connectivity index (χ0n) is 11.9. The molecule has 5 heteroatoms. The molecule has 0 spiro atoms. The zero-order chi connectivity index (χ0) is 16.4. The molecule has 0 aliphatic carbocycles. The Labute approximate surface area is 147 Å². The summed E-state index contributed by atoms with van der Waals surface area (Å²) in [5.74, 6) is 0.194. The summed E-state index contributed by atoms with van der Waals surface area (Å²) in [6.45, 7) is 0. The highest BCUT2D eigenvalue weighted by atomic mass is 79.9. The fraction of sp³-hybridized carbons (Fsp3) is 0. The number of nitrogens with zero attached hydrogens (tertiary/aromatic N) is 2. The second kappa shape index (κ2) is 6.41. The van der Waals surface area contributed by atoms with E-state index >= 15 is 0 Å². The summed E-state index contributed by atoms with van der Waals surface area (Å²) in [4.78, 5) is 4.36. The quantitative estimate of drug-likeness (QED) is 0.653. The Morgan fingerprint density at radius 2 is 1.83 bits per heavy atom. The first-order chi connectivity index (χ1) is 11.1. The lowest BCUT2D eigenvalue weighted by atomic mass is 9.98. The molecule has 0 saturated heterocycles. The highest BCUT2D eigenvalue weighted by Crippen LogP contribution is 2.35. The van der Waals surface area contributed by atoms with Gasteiger partial charge in [0.05, 0.1) is 5.69 Å². The summed E-state index contributed by atoms with van der Waals surface area (Å²) >= 11 is 9.73. The van der Waals surface area contributed by atoms with Crippen LogP contribution in [0.25, 0.3) is 22.4 Å². The van der Waals surface area contributed by atoms with Crippen molar-refractivity contribution in [3.63, 3.8) is 0 Å². The van der Waals surface area contributed by atoms with Gasteiger partial charge in [0.25, 0.3) is 0 Å². The van der Waals surface area contributed by atoms with Crippen molar-refractivity contribution in [2.45, 2.75) is 0 Å². The second-order valence-corrected chi connectivity index (χ2v) is 6.24. The van der Waals surface area contributed by atoms with Crippen molar-refractivity contribution >= 4 is 33.3 Å². The van der Waals surface area contributed by atoms with Crippen LogP contribution in [0.15, 0.2) is 59.1 Å². The van der Waals surface area contributed by atoms with Crippen LogP contribution in [-0.4, -0.2) is 4.98 Å². The van der Waals surface area contributed by atoms with Gasteiger partial charge < -0.3 is 5.73 Å². The fourth-order valence-corrected chi connectivity index (χ4v) is 3.01. The second-order valence-electron chi connectivity index (χ2n) is 4.92. The molecule has 0 fully saturated rings. The van der Waals surface area contributed by atoms with E-state index in [2.05, 4.69) is 27.0 Å². The van der Waals surface area contributed by atoms with E-state index in [9.17, 15) is 5.26 Å². The van der Waals surface area contributed by atoms with Crippen molar-refractivity contribution in [3.8, 4) is 28.5 Å². The van der Waals surface area contributed by atoms with Crippen LogP contribution in [0, 0.1) is 11.3 Å². The smallest absolute Gasteiger partial charge is 0.142 e. The van der Waals surface area contributed by atoms with E-state index in [0.717, 1.165) is 15.6 Å². The van der Waals surface area contributed by atoms with Gasteiger partial charge in [-0.2, -0.15) is 5.26 Å². The van der Waals surface area contributed by atoms with E-state index < -0.39 is 0 Å². The van der Waals surface area contributed by atoms with E-state index in [-0.39, 0.29) is 5.82 Å². The summed E-state index contributed by atoms with van der Waals surface area (Å²) in [7, 11) is 0. The molecule has 3 aromatic rings. The Kier molecular flexibility index (Phi) is 4.33. The van der Waals surface area contributed by atoms with Gasteiger partial charge in [0.1, 0.15) is 17.5 Å². The van der Waals surface area contributed by atoms with Crippen LogP contribution in [0.3, 0.4) is 0 Å². The van der Waals surface area contributed by atoms with Gasteiger partial charge in [0, 0.05) is 26.2 Å². The molecule has 1 aromatic heterocycles. The Morgan fingerprint density at radius 3 is 2.52 bits per heavy atom. The molecule has 0 atom stereocenters. The summed E-state index contributed by atoms with van der Waals surface area (Å²) in [5.41, 5.74) is 9.38. The number of nitrogen functional groups attached to an aromatic ring is 1. The van der Waals surface area contributed by atoms with Crippen molar-refractivity contribution in [3.05, 3.63) is 69.7 Å². The van der Waals surface area contributed by atoms with Gasteiger partial charge in [-0.15, -0.1) is 0 Å². The van der Waals surface area contributed by atoms with Crippen molar-refractivity contribution in [1.82, 2.24) is 4.98 Å². The van der Waals surface area contributed by atoms with Gasteiger partial charge in [-0.1, -0.05) is 57.9 Å². The first-order valence-electron chi connectivity index (χ1n) is 6.81. The number of halogens is 2. The Bertz CT molecular complexity index is 932. The third-order valence-electron chi connectivity index (χ3n) is 3.44.